The molecule has 1 amide bonds. The van der Waals surface area contributed by atoms with Crippen LogP contribution in [0.4, 0.5) is 13.2 Å². The molecular formula is C19H23F3IN5O3. The molecule has 1 fully saturated rings. The van der Waals surface area contributed by atoms with E-state index in [0.717, 1.165) is 0 Å². The molecule has 0 bridgehead atoms. The number of halogens is 4. The van der Waals surface area contributed by atoms with E-state index in [9.17, 15) is 18.0 Å². The van der Waals surface area contributed by atoms with Crippen LogP contribution in [0.15, 0.2) is 46.1 Å². The number of nitrogens with one attached hydrogen (secondary N) is 1. The Bertz CT molecular complexity index is 869. The number of pyridine rings is 1. The zero-order valence-corrected chi connectivity index (χ0v) is 19.1. The summed E-state index contributed by atoms with van der Waals surface area (Å²) in [6.07, 6.45) is -1.61. The molecule has 170 valence electrons. The molecule has 0 aliphatic carbocycles. The second-order valence-corrected chi connectivity index (χ2v) is 6.53. The van der Waals surface area contributed by atoms with E-state index in [-0.39, 0.29) is 42.3 Å². The summed E-state index contributed by atoms with van der Waals surface area (Å²) in [7, 11) is 1.62. The number of aromatic nitrogens is 1. The fourth-order valence-electron chi connectivity index (χ4n) is 3.02. The van der Waals surface area contributed by atoms with Gasteiger partial charge in [-0.25, -0.2) is 4.98 Å². The van der Waals surface area contributed by atoms with Gasteiger partial charge in [0.1, 0.15) is 0 Å². The zero-order valence-electron chi connectivity index (χ0n) is 16.8. The second-order valence-electron chi connectivity index (χ2n) is 6.53. The van der Waals surface area contributed by atoms with Gasteiger partial charge in [-0.2, -0.15) is 13.2 Å². The van der Waals surface area contributed by atoms with E-state index < -0.39 is 12.8 Å². The first-order valence-electron chi connectivity index (χ1n) is 9.29. The van der Waals surface area contributed by atoms with Crippen molar-refractivity contribution in [2.75, 3.05) is 39.8 Å². The number of furan rings is 1. The molecule has 1 aliphatic heterocycles. The Balaban J connectivity index is 0.00000341. The molecule has 0 atom stereocenters. The lowest BCUT2D eigenvalue weighted by Crippen LogP contribution is -2.53. The summed E-state index contributed by atoms with van der Waals surface area (Å²) in [5.74, 6) is 0.635. The summed E-state index contributed by atoms with van der Waals surface area (Å²) < 4.78 is 47.3. The molecule has 2 aromatic rings. The summed E-state index contributed by atoms with van der Waals surface area (Å²) in [6.45, 7) is 0.879. The largest absolute Gasteiger partial charge is 0.468 e. The maximum atomic E-state index is 12.4. The van der Waals surface area contributed by atoms with E-state index in [1.807, 2.05) is 4.90 Å². The lowest BCUT2D eigenvalue weighted by atomic mass is 10.2. The molecule has 8 nitrogen and oxygen atoms in total. The maximum Gasteiger partial charge on any atom is 0.422 e. The molecule has 3 rings (SSSR count). The SMILES string of the molecule is CN=C(NCc1cccnc1OCC(F)(F)F)N1CCN(C(=O)c2ccco2)CC1.I. The van der Waals surface area contributed by atoms with Crippen LogP contribution >= 0.6 is 24.0 Å². The van der Waals surface area contributed by atoms with Crippen molar-refractivity contribution in [3.05, 3.63) is 48.0 Å². The Labute approximate surface area is 194 Å². The number of rotatable bonds is 5. The summed E-state index contributed by atoms with van der Waals surface area (Å²) in [5.41, 5.74) is 0.481. The average Bonchev–Trinajstić information content (AvgIpc) is 3.28. The van der Waals surface area contributed by atoms with Gasteiger partial charge in [-0.1, -0.05) is 6.07 Å². The van der Waals surface area contributed by atoms with Gasteiger partial charge in [0.2, 0.25) is 5.88 Å². The summed E-state index contributed by atoms with van der Waals surface area (Å²) >= 11 is 0. The summed E-state index contributed by atoms with van der Waals surface area (Å²) in [5, 5.41) is 3.12. The number of carbonyl (C=O) groups is 1. The van der Waals surface area contributed by atoms with Gasteiger partial charge in [-0.3, -0.25) is 9.79 Å². The van der Waals surface area contributed by atoms with Crippen molar-refractivity contribution in [1.29, 1.82) is 0 Å². The van der Waals surface area contributed by atoms with Crippen LogP contribution < -0.4 is 10.1 Å². The van der Waals surface area contributed by atoms with E-state index in [1.165, 1.54) is 12.5 Å². The Morgan fingerprint density at radius 2 is 1.94 bits per heavy atom. The zero-order chi connectivity index (χ0) is 21.6. The van der Waals surface area contributed by atoms with Crippen LogP contribution in [0.3, 0.4) is 0 Å². The molecule has 1 N–H and O–H groups in total. The van der Waals surface area contributed by atoms with E-state index in [0.29, 0.717) is 43.5 Å². The minimum Gasteiger partial charge on any atom is -0.468 e. The molecular weight excluding hydrogens is 530 g/mol. The summed E-state index contributed by atoms with van der Waals surface area (Å²) in [6, 6.07) is 6.56. The van der Waals surface area contributed by atoms with Gasteiger partial charge in [0.25, 0.3) is 5.91 Å². The van der Waals surface area contributed by atoms with Crippen LogP contribution in [0.2, 0.25) is 0 Å². The molecule has 1 saturated heterocycles. The Morgan fingerprint density at radius 3 is 2.55 bits per heavy atom. The van der Waals surface area contributed by atoms with Crippen molar-refractivity contribution in [3.8, 4) is 5.88 Å². The Kier molecular flexibility index (Phi) is 8.95. The highest BCUT2D eigenvalue weighted by molar-refractivity contribution is 14.0. The van der Waals surface area contributed by atoms with Gasteiger partial charge in [0.05, 0.1) is 6.26 Å². The quantitative estimate of drug-likeness (QED) is 0.349. The van der Waals surface area contributed by atoms with Gasteiger partial charge in [-0.05, 0) is 18.2 Å². The standard InChI is InChI=1S/C19H22F3N5O3.HI/c1-23-18(25-12-14-4-2-6-24-16(14)30-13-19(20,21)22)27-9-7-26(8-10-27)17(28)15-5-3-11-29-15;/h2-6,11H,7-10,12-13H2,1H3,(H,23,25);1H. The molecule has 0 saturated carbocycles. The predicted molar refractivity (Wildman–Crippen MR) is 118 cm³/mol. The number of amides is 1. The van der Waals surface area contributed by atoms with Gasteiger partial charge >= 0.3 is 6.18 Å². The molecule has 0 radical (unpaired) electrons. The van der Waals surface area contributed by atoms with Crippen molar-refractivity contribution in [1.82, 2.24) is 20.1 Å². The number of nitrogens with zero attached hydrogens (tertiary/aromatic N) is 4. The fourth-order valence-corrected chi connectivity index (χ4v) is 3.02. The highest BCUT2D eigenvalue weighted by atomic mass is 127. The van der Waals surface area contributed by atoms with Crippen LogP contribution in [0.1, 0.15) is 16.1 Å². The molecule has 3 heterocycles. The maximum absolute atomic E-state index is 12.4. The smallest absolute Gasteiger partial charge is 0.422 e. The van der Waals surface area contributed by atoms with Crippen molar-refractivity contribution in [2.45, 2.75) is 12.7 Å². The molecule has 0 aromatic carbocycles. The lowest BCUT2D eigenvalue weighted by molar-refractivity contribution is -0.154. The Morgan fingerprint density at radius 1 is 1.23 bits per heavy atom. The van der Waals surface area contributed by atoms with Gasteiger partial charge in [-0.15, -0.1) is 24.0 Å². The lowest BCUT2D eigenvalue weighted by Gasteiger charge is -2.36. The molecule has 1 aliphatic rings. The monoisotopic (exact) mass is 553 g/mol. The van der Waals surface area contributed by atoms with Crippen molar-refractivity contribution < 1.29 is 27.1 Å². The highest BCUT2D eigenvalue weighted by Gasteiger charge is 2.29. The van der Waals surface area contributed by atoms with Crippen LogP contribution in [-0.2, 0) is 6.54 Å². The first kappa shape index (κ1) is 24.8. The molecule has 2 aromatic heterocycles. The number of ether oxygens (including phenoxy) is 1. The molecule has 31 heavy (non-hydrogen) atoms. The van der Waals surface area contributed by atoms with Crippen molar-refractivity contribution in [2.24, 2.45) is 4.99 Å². The third kappa shape index (κ3) is 7.01. The minimum atomic E-state index is -4.44. The number of carbonyl (C=O) groups excluding carboxylic acids is 1. The normalized spacial score (nSPS) is 14.8. The number of guanidine groups is 1. The molecule has 0 unspecified atom stereocenters. The van der Waals surface area contributed by atoms with Crippen molar-refractivity contribution >= 4 is 35.8 Å². The van der Waals surface area contributed by atoms with Gasteiger partial charge < -0.3 is 24.3 Å². The average molecular weight is 553 g/mol. The van der Waals surface area contributed by atoms with Crippen LogP contribution in [-0.4, -0.2) is 72.7 Å². The Hall–Kier alpha value is -2.51. The number of hydrogen-bond acceptors (Lipinski definition) is 5. The van der Waals surface area contributed by atoms with Crippen LogP contribution in [0, 0.1) is 0 Å². The first-order valence-corrected chi connectivity index (χ1v) is 9.29. The van der Waals surface area contributed by atoms with Crippen LogP contribution in [0.5, 0.6) is 5.88 Å². The number of hydrogen-bond donors (Lipinski definition) is 1. The minimum absolute atomic E-state index is 0. The molecule has 0 spiro atoms. The number of aliphatic imine (C=N–C) groups is 1. The van der Waals surface area contributed by atoms with Crippen LogP contribution in [0.25, 0.3) is 0 Å². The van der Waals surface area contributed by atoms with E-state index in [4.69, 9.17) is 9.15 Å². The topological polar surface area (TPSA) is 83.2 Å². The van der Waals surface area contributed by atoms with E-state index in [1.54, 1.807) is 36.2 Å². The second kappa shape index (κ2) is 11.2. The number of alkyl halides is 3. The predicted octanol–water partition coefficient (Wildman–Crippen LogP) is 2.77. The third-order valence-electron chi connectivity index (χ3n) is 4.47. The molecule has 12 heteroatoms. The van der Waals surface area contributed by atoms with Crippen molar-refractivity contribution in [3.63, 3.8) is 0 Å². The third-order valence-corrected chi connectivity index (χ3v) is 4.47. The van der Waals surface area contributed by atoms with E-state index >= 15 is 0 Å². The van der Waals surface area contributed by atoms with Gasteiger partial charge in [0.15, 0.2) is 18.3 Å². The summed E-state index contributed by atoms with van der Waals surface area (Å²) in [4.78, 5) is 24.1. The number of piperazine rings is 1. The first-order chi connectivity index (χ1) is 14.4. The highest BCUT2D eigenvalue weighted by Crippen LogP contribution is 2.20. The van der Waals surface area contributed by atoms with E-state index in [2.05, 4.69) is 15.3 Å². The fraction of sp³-hybridized carbons (Fsp3) is 0.421. The van der Waals surface area contributed by atoms with Gasteiger partial charge in [0, 0.05) is 51.5 Å².